The molecule has 1 aliphatic rings. The molecule has 1 saturated carbocycles. The second-order valence-corrected chi connectivity index (χ2v) is 20.5. The lowest BCUT2D eigenvalue weighted by Gasteiger charge is -2.41. The Balaban J connectivity index is 2.35. The summed E-state index contributed by atoms with van der Waals surface area (Å²) in [6, 6.07) is 0. The molecule has 1 rings (SSSR count). The minimum atomic E-state index is -5.12. The number of ether oxygens (including phenoxy) is 2. The first-order valence-electron chi connectivity index (χ1n) is 27.1. The molecule has 1 aliphatic carbocycles. The average molecular weight is 975 g/mol. The fourth-order valence-corrected chi connectivity index (χ4v) is 9.41. The van der Waals surface area contributed by atoms with Crippen LogP contribution in [-0.2, 0) is 32.7 Å². The molecule has 0 aliphatic heterocycles. The highest BCUT2D eigenvalue weighted by Crippen LogP contribution is 2.47. The summed E-state index contributed by atoms with van der Waals surface area (Å²) >= 11 is 0. The van der Waals surface area contributed by atoms with Crippen molar-refractivity contribution in [2.45, 2.75) is 288 Å². The third-order valence-corrected chi connectivity index (χ3v) is 13.8. The minimum Gasteiger partial charge on any atom is -0.462 e. The molecule has 394 valence electrons. The summed E-state index contributed by atoms with van der Waals surface area (Å²) in [5.74, 6) is -1.09. The molecule has 0 aromatic heterocycles. The van der Waals surface area contributed by atoms with Crippen LogP contribution in [0.4, 0.5) is 0 Å². The van der Waals surface area contributed by atoms with Gasteiger partial charge in [0.25, 0.3) is 0 Å². The van der Waals surface area contributed by atoms with Gasteiger partial charge in [0, 0.05) is 12.8 Å². The number of aliphatic hydroxyl groups excluding tert-OH is 5. The van der Waals surface area contributed by atoms with Gasteiger partial charge in [0.15, 0.2) is 6.10 Å². The fourth-order valence-electron chi connectivity index (χ4n) is 8.44. The highest BCUT2D eigenvalue weighted by Gasteiger charge is 2.51. The molecule has 0 spiro atoms. The lowest BCUT2D eigenvalue weighted by molar-refractivity contribution is -0.220. The summed E-state index contributed by atoms with van der Waals surface area (Å²) in [7, 11) is -5.12. The van der Waals surface area contributed by atoms with Crippen molar-refractivity contribution < 1.29 is 63.1 Å². The van der Waals surface area contributed by atoms with Crippen LogP contribution in [0.5, 0.6) is 0 Å². The van der Waals surface area contributed by atoms with Crippen molar-refractivity contribution in [1.82, 2.24) is 0 Å². The van der Waals surface area contributed by atoms with Crippen LogP contribution in [0.3, 0.4) is 0 Å². The zero-order chi connectivity index (χ0) is 49.2. The van der Waals surface area contributed by atoms with Crippen molar-refractivity contribution in [3.05, 3.63) is 24.3 Å². The van der Waals surface area contributed by atoms with Crippen LogP contribution in [0.15, 0.2) is 24.3 Å². The maximum absolute atomic E-state index is 12.9. The average Bonchev–Trinajstić information content (AvgIpc) is 3.31. The molecule has 0 bridgehead atoms. The van der Waals surface area contributed by atoms with Crippen LogP contribution in [0.25, 0.3) is 0 Å². The number of esters is 2. The second-order valence-electron chi connectivity index (χ2n) is 19.1. The zero-order valence-corrected chi connectivity index (χ0v) is 43.1. The predicted octanol–water partition coefficient (Wildman–Crippen LogP) is 12.0. The van der Waals surface area contributed by atoms with Crippen molar-refractivity contribution in [2.24, 2.45) is 0 Å². The van der Waals surface area contributed by atoms with Gasteiger partial charge in [-0.1, -0.05) is 212 Å². The zero-order valence-electron chi connectivity index (χ0n) is 42.2. The fraction of sp³-hybridized carbons (Fsp3) is 0.887. The normalized spacial score (nSPS) is 21.3. The molecule has 0 aromatic rings. The number of phosphoric ester groups is 1. The monoisotopic (exact) mass is 975 g/mol. The molecule has 0 amide bonds. The van der Waals surface area contributed by atoms with Crippen LogP contribution in [0.2, 0.25) is 0 Å². The summed E-state index contributed by atoms with van der Waals surface area (Å²) in [5.41, 5.74) is 0. The molecule has 6 N–H and O–H groups in total. The Morgan fingerprint density at radius 2 is 0.806 bits per heavy atom. The van der Waals surface area contributed by atoms with E-state index in [0.29, 0.717) is 12.8 Å². The predicted molar refractivity (Wildman–Crippen MR) is 267 cm³/mol. The Morgan fingerprint density at radius 3 is 1.21 bits per heavy atom. The maximum atomic E-state index is 12.9. The Bertz CT molecular complexity index is 1270. The summed E-state index contributed by atoms with van der Waals surface area (Å²) in [6.45, 7) is 3.33. The van der Waals surface area contributed by atoms with Gasteiger partial charge in [0.2, 0.25) is 0 Å². The van der Waals surface area contributed by atoms with E-state index in [1.807, 2.05) is 0 Å². The van der Waals surface area contributed by atoms with Crippen molar-refractivity contribution in [1.29, 1.82) is 0 Å². The van der Waals surface area contributed by atoms with Crippen molar-refractivity contribution in [3.8, 4) is 0 Å². The highest BCUT2D eigenvalue weighted by atomic mass is 31.2. The van der Waals surface area contributed by atoms with Gasteiger partial charge in [0.1, 0.15) is 43.2 Å². The third kappa shape index (κ3) is 35.1. The summed E-state index contributed by atoms with van der Waals surface area (Å²) in [5, 5.41) is 50.3. The number of allylic oxidation sites excluding steroid dienone is 4. The van der Waals surface area contributed by atoms with E-state index in [4.69, 9.17) is 18.5 Å². The molecule has 0 radical (unpaired) electrons. The Labute approximate surface area is 406 Å². The van der Waals surface area contributed by atoms with E-state index < -0.39 is 75.7 Å². The largest absolute Gasteiger partial charge is 0.472 e. The highest BCUT2D eigenvalue weighted by molar-refractivity contribution is 7.47. The first-order valence-corrected chi connectivity index (χ1v) is 28.6. The molecular formula is C53H99O13P. The van der Waals surface area contributed by atoms with Crippen LogP contribution >= 0.6 is 7.82 Å². The number of carbonyl (C=O) groups excluding carboxylic acids is 2. The number of aliphatic hydroxyl groups is 5. The molecular weight excluding hydrogens is 876 g/mol. The van der Waals surface area contributed by atoms with E-state index in [2.05, 4.69) is 38.2 Å². The second kappa shape index (κ2) is 43.1. The van der Waals surface area contributed by atoms with Crippen LogP contribution in [0, 0.1) is 0 Å². The van der Waals surface area contributed by atoms with Gasteiger partial charge >= 0.3 is 19.8 Å². The molecule has 6 atom stereocenters. The van der Waals surface area contributed by atoms with Crippen molar-refractivity contribution in [2.75, 3.05) is 13.2 Å². The van der Waals surface area contributed by atoms with Gasteiger partial charge in [0.05, 0.1) is 6.61 Å². The number of unbranched alkanes of at least 4 members (excludes halogenated alkanes) is 30. The standard InChI is InChI=1S/C53H99O13P/c1-3-5-7-9-11-13-15-17-19-20-21-22-23-24-25-26-28-30-32-34-36-38-40-42-47(55)65-45(44-64-67(61,62)66-53-51(59)49(57)48(56)50(58)52(53)60)43-63-46(54)41-39-37-35-33-31-29-27-18-16-14-12-10-8-6-4-2/h15,17,20-21,45,48-53,56-60H,3-14,16,18-19,22-44H2,1-2H3,(H,61,62)/b17-15-,21-20-. The quantitative estimate of drug-likeness (QED) is 0.0145. The minimum absolute atomic E-state index is 0.0977. The summed E-state index contributed by atoms with van der Waals surface area (Å²) in [4.78, 5) is 35.9. The summed E-state index contributed by atoms with van der Waals surface area (Å²) in [6.07, 6.45) is 36.5. The molecule has 0 aromatic carbocycles. The number of hydrogen-bond acceptors (Lipinski definition) is 12. The first-order chi connectivity index (χ1) is 32.4. The lowest BCUT2D eigenvalue weighted by atomic mass is 9.85. The van der Waals surface area contributed by atoms with Crippen molar-refractivity contribution in [3.63, 3.8) is 0 Å². The smallest absolute Gasteiger partial charge is 0.462 e. The lowest BCUT2D eigenvalue weighted by Crippen LogP contribution is -2.64. The SMILES string of the molecule is CCCCCCC/C=C\C/C=C\CCCCCCCCCCCCCC(=O)OC(COC(=O)CCCCCCCCCCCCCCCCC)COP(=O)(O)OC1C(O)C(O)C(O)C(O)C1O. The van der Waals surface area contributed by atoms with E-state index in [1.54, 1.807) is 0 Å². The van der Waals surface area contributed by atoms with Crippen molar-refractivity contribution >= 4 is 19.8 Å². The maximum Gasteiger partial charge on any atom is 0.472 e. The van der Waals surface area contributed by atoms with Gasteiger partial charge in [-0.25, -0.2) is 4.57 Å². The van der Waals surface area contributed by atoms with E-state index in [9.17, 15) is 44.6 Å². The van der Waals surface area contributed by atoms with E-state index >= 15 is 0 Å². The van der Waals surface area contributed by atoms with E-state index in [0.717, 1.165) is 57.8 Å². The Hall–Kier alpha value is -1.67. The molecule has 13 nitrogen and oxygen atoms in total. The number of carbonyl (C=O) groups is 2. The molecule has 0 heterocycles. The van der Waals surface area contributed by atoms with Gasteiger partial charge in [-0.2, -0.15) is 0 Å². The number of hydrogen-bond donors (Lipinski definition) is 6. The van der Waals surface area contributed by atoms with E-state index in [1.165, 1.54) is 148 Å². The first kappa shape index (κ1) is 63.3. The molecule has 14 heteroatoms. The summed E-state index contributed by atoms with van der Waals surface area (Å²) < 4.78 is 33.7. The van der Waals surface area contributed by atoms with Crippen LogP contribution in [-0.4, -0.2) is 98.3 Å². The molecule has 1 fully saturated rings. The molecule has 67 heavy (non-hydrogen) atoms. The Kier molecular flexibility index (Phi) is 40.8. The van der Waals surface area contributed by atoms with Gasteiger partial charge in [-0.05, 0) is 44.9 Å². The van der Waals surface area contributed by atoms with Crippen LogP contribution < -0.4 is 0 Å². The Morgan fingerprint density at radius 1 is 0.463 bits per heavy atom. The number of phosphoric acid groups is 1. The van der Waals surface area contributed by atoms with Crippen LogP contribution in [0.1, 0.15) is 245 Å². The number of rotatable bonds is 46. The topological polar surface area (TPSA) is 210 Å². The van der Waals surface area contributed by atoms with Gasteiger partial charge < -0.3 is 39.9 Å². The third-order valence-electron chi connectivity index (χ3n) is 12.8. The van der Waals surface area contributed by atoms with Gasteiger partial charge in [-0.3, -0.25) is 18.6 Å². The molecule has 0 saturated heterocycles. The molecule has 6 unspecified atom stereocenters. The van der Waals surface area contributed by atoms with E-state index in [-0.39, 0.29) is 12.8 Å². The van der Waals surface area contributed by atoms with Gasteiger partial charge in [-0.15, -0.1) is 0 Å².